The highest BCUT2D eigenvalue weighted by molar-refractivity contribution is 5.05. The largest absolute Gasteiger partial charge is 0.446 e. The molecule has 0 saturated carbocycles. The third-order valence-corrected chi connectivity index (χ3v) is 2.17. The fourth-order valence-corrected chi connectivity index (χ4v) is 1.24. The first-order valence-corrected chi connectivity index (χ1v) is 5.56. The van der Waals surface area contributed by atoms with Crippen molar-refractivity contribution in [1.82, 2.24) is 10.3 Å². The van der Waals surface area contributed by atoms with E-state index in [1.807, 2.05) is 0 Å². The van der Waals surface area contributed by atoms with Gasteiger partial charge in [0.1, 0.15) is 6.61 Å². The smallest absolute Gasteiger partial charge is 0.181 e. The van der Waals surface area contributed by atoms with E-state index in [1.54, 1.807) is 14.2 Å². The number of hydrogen-bond donors (Lipinski definition) is 1. The van der Waals surface area contributed by atoms with E-state index in [1.165, 1.54) is 6.39 Å². The first-order valence-electron chi connectivity index (χ1n) is 5.56. The highest BCUT2D eigenvalue weighted by Gasteiger charge is 2.07. The maximum absolute atomic E-state index is 5.38. The molecule has 0 saturated heterocycles. The lowest BCUT2D eigenvalue weighted by molar-refractivity contribution is 0.0533. The van der Waals surface area contributed by atoms with Crippen molar-refractivity contribution in [3.63, 3.8) is 0 Å². The molecule has 0 bridgehead atoms. The molecule has 0 unspecified atom stereocenters. The van der Waals surface area contributed by atoms with E-state index in [4.69, 9.17) is 18.6 Å². The van der Waals surface area contributed by atoms with Gasteiger partial charge in [0, 0.05) is 27.3 Å². The number of ether oxygens (including phenoxy) is 3. The van der Waals surface area contributed by atoms with E-state index in [-0.39, 0.29) is 0 Å². The van der Waals surface area contributed by atoms with Crippen LogP contribution in [0.5, 0.6) is 0 Å². The molecule has 1 rings (SSSR count). The van der Waals surface area contributed by atoms with Crippen LogP contribution in [-0.4, -0.2) is 45.6 Å². The monoisotopic (exact) mass is 244 g/mol. The molecule has 0 aliphatic rings. The first kappa shape index (κ1) is 14.1. The summed E-state index contributed by atoms with van der Waals surface area (Å²) < 4.78 is 20.5. The molecule has 1 heterocycles. The minimum absolute atomic E-state index is 0.421. The molecule has 0 spiro atoms. The molecule has 0 aliphatic carbocycles. The summed E-state index contributed by atoms with van der Waals surface area (Å²) in [7, 11) is 3.32. The van der Waals surface area contributed by atoms with Crippen LogP contribution in [-0.2, 0) is 27.4 Å². The number of hydrogen-bond acceptors (Lipinski definition) is 6. The molecule has 1 aromatic rings. The molecular weight excluding hydrogens is 224 g/mol. The average Bonchev–Trinajstić information content (AvgIpc) is 2.78. The number of nitrogens with one attached hydrogen (secondary N) is 1. The summed E-state index contributed by atoms with van der Waals surface area (Å²) in [4.78, 5) is 4.13. The Morgan fingerprint density at radius 2 is 2.06 bits per heavy atom. The van der Waals surface area contributed by atoms with Gasteiger partial charge >= 0.3 is 0 Å². The summed E-state index contributed by atoms with van der Waals surface area (Å²) in [5.41, 5.74) is 0.874. The molecule has 6 heteroatoms. The molecular formula is C11H20N2O4. The maximum Gasteiger partial charge on any atom is 0.181 e. The van der Waals surface area contributed by atoms with Gasteiger partial charge in [-0.15, -0.1) is 0 Å². The summed E-state index contributed by atoms with van der Waals surface area (Å²) in [6, 6.07) is 0. The molecule has 0 aromatic carbocycles. The SMILES string of the molecule is COCCNCc1ncoc1COCCOC. The van der Waals surface area contributed by atoms with Crippen molar-refractivity contribution < 1.29 is 18.6 Å². The van der Waals surface area contributed by atoms with Crippen LogP contribution in [0.4, 0.5) is 0 Å². The normalized spacial score (nSPS) is 10.9. The molecule has 17 heavy (non-hydrogen) atoms. The van der Waals surface area contributed by atoms with Crippen LogP contribution >= 0.6 is 0 Å². The Morgan fingerprint density at radius 3 is 2.82 bits per heavy atom. The molecule has 0 amide bonds. The van der Waals surface area contributed by atoms with Crippen LogP contribution in [0, 0.1) is 0 Å². The van der Waals surface area contributed by atoms with Crippen molar-refractivity contribution in [2.45, 2.75) is 13.2 Å². The van der Waals surface area contributed by atoms with Crippen molar-refractivity contribution in [2.75, 3.05) is 40.6 Å². The number of rotatable bonds is 10. The van der Waals surface area contributed by atoms with Crippen molar-refractivity contribution in [1.29, 1.82) is 0 Å². The summed E-state index contributed by atoms with van der Waals surface area (Å²) >= 11 is 0. The average molecular weight is 244 g/mol. The van der Waals surface area contributed by atoms with Gasteiger partial charge in [0.15, 0.2) is 12.2 Å². The van der Waals surface area contributed by atoms with Gasteiger partial charge in [0.2, 0.25) is 0 Å². The van der Waals surface area contributed by atoms with Crippen molar-refractivity contribution in [3.8, 4) is 0 Å². The summed E-state index contributed by atoms with van der Waals surface area (Å²) in [6.07, 6.45) is 1.43. The Kier molecular flexibility index (Phi) is 7.57. The highest BCUT2D eigenvalue weighted by Crippen LogP contribution is 2.07. The predicted molar refractivity (Wildman–Crippen MR) is 61.6 cm³/mol. The fourth-order valence-electron chi connectivity index (χ4n) is 1.24. The molecule has 0 aliphatic heterocycles. The molecule has 6 nitrogen and oxygen atoms in total. The van der Waals surface area contributed by atoms with Gasteiger partial charge in [0.25, 0.3) is 0 Å². The lowest BCUT2D eigenvalue weighted by atomic mass is 10.3. The molecule has 0 atom stereocenters. The third-order valence-electron chi connectivity index (χ3n) is 2.17. The summed E-state index contributed by atoms with van der Waals surface area (Å²) in [5, 5.41) is 3.20. The standard InChI is InChI=1S/C11H20N2O4/c1-14-4-3-12-7-10-11(17-9-13-10)8-16-6-5-15-2/h9,12H,3-8H2,1-2H3. The van der Waals surface area contributed by atoms with Crippen LogP contribution in [0.1, 0.15) is 11.5 Å². The predicted octanol–water partition coefficient (Wildman–Crippen LogP) is 0.574. The van der Waals surface area contributed by atoms with Gasteiger partial charge in [-0.05, 0) is 0 Å². The van der Waals surface area contributed by atoms with E-state index in [9.17, 15) is 0 Å². The van der Waals surface area contributed by atoms with Gasteiger partial charge < -0.3 is 23.9 Å². The molecule has 0 radical (unpaired) electrons. The van der Waals surface area contributed by atoms with Crippen LogP contribution in [0.3, 0.4) is 0 Å². The first-order chi connectivity index (χ1) is 8.38. The van der Waals surface area contributed by atoms with Crippen LogP contribution in [0.2, 0.25) is 0 Å². The Bertz CT molecular complexity index is 264. The van der Waals surface area contributed by atoms with Crippen molar-refractivity contribution >= 4 is 0 Å². The van der Waals surface area contributed by atoms with Crippen molar-refractivity contribution in [2.24, 2.45) is 0 Å². The zero-order valence-electron chi connectivity index (χ0n) is 10.4. The van der Waals surface area contributed by atoms with E-state index >= 15 is 0 Å². The quantitative estimate of drug-likeness (QED) is 0.607. The molecule has 98 valence electrons. The zero-order valence-corrected chi connectivity index (χ0v) is 10.4. The van der Waals surface area contributed by atoms with Gasteiger partial charge in [-0.2, -0.15) is 0 Å². The minimum atomic E-state index is 0.421. The van der Waals surface area contributed by atoms with E-state index in [0.717, 1.165) is 18.0 Å². The fraction of sp³-hybridized carbons (Fsp3) is 0.727. The maximum atomic E-state index is 5.38. The number of methoxy groups -OCH3 is 2. The van der Waals surface area contributed by atoms with E-state index in [2.05, 4.69) is 10.3 Å². The van der Waals surface area contributed by atoms with Gasteiger partial charge in [-0.3, -0.25) is 0 Å². The van der Waals surface area contributed by atoms with Gasteiger partial charge in [0.05, 0.1) is 25.5 Å². The lowest BCUT2D eigenvalue weighted by Crippen LogP contribution is -2.19. The van der Waals surface area contributed by atoms with Gasteiger partial charge in [-0.25, -0.2) is 4.98 Å². The second-order valence-electron chi connectivity index (χ2n) is 3.44. The number of nitrogens with zero attached hydrogens (tertiary/aromatic N) is 1. The summed E-state index contributed by atoms with van der Waals surface area (Å²) in [6.45, 7) is 3.67. The summed E-state index contributed by atoms with van der Waals surface area (Å²) in [5.74, 6) is 0.756. The molecule has 1 N–H and O–H groups in total. The minimum Gasteiger partial charge on any atom is -0.446 e. The number of aromatic nitrogens is 1. The van der Waals surface area contributed by atoms with Gasteiger partial charge in [-0.1, -0.05) is 0 Å². The molecule has 1 aromatic heterocycles. The third kappa shape index (κ3) is 5.78. The second-order valence-corrected chi connectivity index (χ2v) is 3.44. The van der Waals surface area contributed by atoms with E-state index < -0.39 is 0 Å². The topological polar surface area (TPSA) is 65.8 Å². The Labute approximate surface area is 101 Å². The zero-order chi connectivity index (χ0) is 12.3. The Hall–Kier alpha value is -0.950. The van der Waals surface area contributed by atoms with Crippen molar-refractivity contribution in [3.05, 3.63) is 17.8 Å². The van der Waals surface area contributed by atoms with Crippen LogP contribution < -0.4 is 5.32 Å². The lowest BCUT2D eigenvalue weighted by Gasteiger charge is -2.04. The van der Waals surface area contributed by atoms with Crippen LogP contribution in [0.15, 0.2) is 10.8 Å². The van der Waals surface area contributed by atoms with Crippen LogP contribution in [0.25, 0.3) is 0 Å². The highest BCUT2D eigenvalue weighted by atomic mass is 16.5. The van der Waals surface area contributed by atoms with E-state index in [0.29, 0.717) is 33.0 Å². The number of oxazole rings is 1. The molecule has 0 fully saturated rings. The second kappa shape index (κ2) is 9.12. The Balaban J connectivity index is 2.22. The Morgan fingerprint density at radius 1 is 1.24 bits per heavy atom.